The molecule has 1 unspecified atom stereocenters. The van der Waals surface area contributed by atoms with Crippen LogP contribution in [-0.2, 0) is 4.79 Å². The minimum atomic E-state index is -0.744. The summed E-state index contributed by atoms with van der Waals surface area (Å²) in [5.74, 6) is -1.25. The summed E-state index contributed by atoms with van der Waals surface area (Å²) in [6.07, 6.45) is 4.07. The van der Waals surface area contributed by atoms with Crippen LogP contribution in [0.15, 0.2) is 47.6 Å². The maximum absolute atomic E-state index is 11.9. The Kier molecular flexibility index (Phi) is 2.77. The van der Waals surface area contributed by atoms with Crippen molar-refractivity contribution in [2.75, 3.05) is 0 Å². The molecule has 2 aromatic carbocycles. The van der Waals surface area contributed by atoms with Crippen molar-refractivity contribution in [3.63, 3.8) is 0 Å². The molecule has 0 aromatic heterocycles. The molecule has 1 atom stereocenters. The van der Waals surface area contributed by atoms with E-state index in [1.165, 1.54) is 27.5 Å². The van der Waals surface area contributed by atoms with Gasteiger partial charge in [0, 0.05) is 0 Å². The summed E-state index contributed by atoms with van der Waals surface area (Å²) < 4.78 is 0. The van der Waals surface area contributed by atoms with Gasteiger partial charge in [-0.25, -0.2) is 0 Å². The first-order valence-corrected chi connectivity index (χ1v) is 7.73. The van der Waals surface area contributed by atoms with Crippen LogP contribution in [0.3, 0.4) is 0 Å². The topological polar surface area (TPSA) is 37.3 Å². The largest absolute Gasteiger partial charge is 0.481 e. The number of rotatable bonds is 1. The first kappa shape index (κ1) is 13.3. The standard InChI is InChI=1S/C20H18O2/c1-11-7-8-15-16(9-11)19(20(21)22)17-10-12(2)13-5-3-4-6-14(13)18(15)17/h3-6,9-10,19H,7-8H2,1-2H3,(H,21,22). The quantitative estimate of drug-likeness (QED) is 0.817. The molecule has 2 nitrogen and oxygen atoms in total. The summed E-state index contributed by atoms with van der Waals surface area (Å²) in [5, 5.41) is 12.2. The van der Waals surface area contributed by atoms with E-state index < -0.39 is 11.9 Å². The molecule has 0 spiro atoms. The molecule has 110 valence electrons. The van der Waals surface area contributed by atoms with Crippen molar-refractivity contribution in [3.8, 4) is 0 Å². The van der Waals surface area contributed by atoms with Gasteiger partial charge in [-0.1, -0.05) is 42.0 Å². The molecule has 0 heterocycles. The Morgan fingerprint density at radius 2 is 1.86 bits per heavy atom. The number of carboxylic acid groups (broad SMARTS) is 1. The lowest BCUT2D eigenvalue weighted by atomic mass is 9.89. The zero-order valence-corrected chi connectivity index (χ0v) is 12.8. The maximum Gasteiger partial charge on any atom is 0.315 e. The Balaban J connectivity index is 2.12. The summed E-state index contributed by atoms with van der Waals surface area (Å²) in [7, 11) is 0. The zero-order valence-electron chi connectivity index (χ0n) is 12.8. The van der Waals surface area contributed by atoms with Crippen LogP contribution < -0.4 is 0 Å². The number of carboxylic acids is 1. The van der Waals surface area contributed by atoms with E-state index in [0.717, 1.165) is 29.5 Å². The number of hydrogen-bond donors (Lipinski definition) is 1. The lowest BCUT2D eigenvalue weighted by Gasteiger charge is -2.15. The maximum atomic E-state index is 11.9. The molecule has 0 saturated heterocycles. The molecule has 2 aliphatic carbocycles. The Morgan fingerprint density at radius 1 is 1.14 bits per heavy atom. The highest BCUT2D eigenvalue weighted by atomic mass is 16.4. The van der Waals surface area contributed by atoms with Crippen LogP contribution in [-0.4, -0.2) is 11.1 Å². The minimum absolute atomic E-state index is 0.511. The molecule has 2 heteroatoms. The van der Waals surface area contributed by atoms with E-state index in [4.69, 9.17) is 0 Å². The SMILES string of the molecule is CC1=CC2=C(CC1)c1c(cc(C)c3ccccc13)C2C(=O)O. The minimum Gasteiger partial charge on any atom is -0.481 e. The van der Waals surface area contributed by atoms with Gasteiger partial charge in [-0.05, 0) is 65.3 Å². The zero-order chi connectivity index (χ0) is 15.4. The predicted octanol–water partition coefficient (Wildman–Crippen LogP) is 4.82. The molecular weight excluding hydrogens is 272 g/mol. The van der Waals surface area contributed by atoms with E-state index in [1.54, 1.807) is 0 Å². The second-order valence-electron chi connectivity index (χ2n) is 6.40. The summed E-state index contributed by atoms with van der Waals surface area (Å²) in [6, 6.07) is 10.4. The van der Waals surface area contributed by atoms with E-state index in [9.17, 15) is 9.90 Å². The number of carbonyl (C=O) groups is 1. The van der Waals surface area contributed by atoms with Gasteiger partial charge >= 0.3 is 5.97 Å². The molecule has 2 aromatic rings. The van der Waals surface area contributed by atoms with Crippen LogP contribution in [0.2, 0.25) is 0 Å². The third-order valence-electron chi connectivity index (χ3n) is 4.97. The number of hydrogen-bond acceptors (Lipinski definition) is 1. The fourth-order valence-corrected chi connectivity index (χ4v) is 4.00. The summed E-state index contributed by atoms with van der Waals surface area (Å²) in [5.41, 5.74) is 6.82. The Labute approximate surface area is 129 Å². The van der Waals surface area contributed by atoms with Gasteiger partial charge in [0.2, 0.25) is 0 Å². The van der Waals surface area contributed by atoms with Gasteiger partial charge in [0.1, 0.15) is 5.92 Å². The lowest BCUT2D eigenvalue weighted by molar-refractivity contribution is -0.137. The van der Waals surface area contributed by atoms with Crippen molar-refractivity contribution in [1.29, 1.82) is 0 Å². The molecule has 0 fully saturated rings. The van der Waals surface area contributed by atoms with Crippen molar-refractivity contribution in [2.24, 2.45) is 0 Å². The van der Waals surface area contributed by atoms with Crippen LogP contribution >= 0.6 is 0 Å². The van der Waals surface area contributed by atoms with E-state index in [1.807, 2.05) is 12.1 Å². The lowest BCUT2D eigenvalue weighted by Crippen LogP contribution is -2.12. The fourth-order valence-electron chi connectivity index (χ4n) is 4.00. The highest BCUT2D eigenvalue weighted by Gasteiger charge is 2.37. The van der Waals surface area contributed by atoms with Crippen molar-refractivity contribution in [2.45, 2.75) is 32.6 Å². The average Bonchev–Trinajstić information content (AvgIpc) is 2.80. The number of aryl methyl sites for hydroxylation is 1. The molecule has 0 amide bonds. The van der Waals surface area contributed by atoms with Crippen LogP contribution in [0.25, 0.3) is 16.3 Å². The van der Waals surface area contributed by atoms with Gasteiger partial charge in [0.15, 0.2) is 0 Å². The smallest absolute Gasteiger partial charge is 0.315 e. The highest BCUT2D eigenvalue weighted by Crippen LogP contribution is 2.50. The Morgan fingerprint density at radius 3 is 2.59 bits per heavy atom. The summed E-state index contributed by atoms with van der Waals surface area (Å²) in [4.78, 5) is 11.9. The Hall–Kier alpha value is -2.35. The fraction of sp³-hybridized carbons (Fsp3) is 0.250. The number of fused-ring (bicyclic) bond motifs is 4. The third kappa shape index (κ3) is 1.70. The molecule has 1 N–H and O–H groups in total. The van der Waals surface area contributed by atoms with E-state index in [-0.39, 0.29) is 0 Å². The molecule has 0 bridgehead atoms. The first-order chi connectivity index (χ1) is 10.6. The van der Waals surface area contributed by atoms with Crippen LogP contribution in [0.4, 0.5) is 0 Å². The molecule has 22 heavy (non-hydrogen) atoms. The van der Waals surface area contributed by atoms with E-state index >= 15 is 0 Å². The van der Waals surface area contributed by atoms with Gasteiger partial charge in [-0.3, -0.25) is 4.79 Å². The van der Waals surface area contributed by atoms with E-state index in [0.29, 0.717) is 0 Å². The van der Waals surface area contributed by atoms with Gasteiger partial charge in [0.25, 0.3) is 0 Å². The van der Waals surface area contributed by atoms with Gasteiger partial charge in [-0.2, -0.15) is 0 Å². The molecule has 0 saturated carbocycles. The molecule has 2 aliphatic rings. The number of benzene rings is 2. The second kappa shape index (κ2) is 4.57. The van der Waals surface area contributed by atoms with Crippen molar-refractivity contribution >= 4 is 22.3 Å². The Bertz CT molecular complexity index is 884. The molecule has 0 aliphatic heterocycles. The van der Waals surface area contributed by atoms with Crippen LogP contribution in [0, 0.1) is 6.92 Å². The van der Waals surface area contributed by atoms with Crippen molar-refractivity contribution < 1.29 is 9.90 Å². The third-order valence-corrected chi connectivity index (χ3v) is 4.97. The van der Waals surface area contributed by atoms with Crippen molar-refractivity contribution in [3.05, 3.63) is 64.2 Å². The second-order valence-corrected chi connectivity index (χ2v) is 6.40. The monoisotopic (exact) mass is 290 g/mol. The van der Waals surface area contributed by atoms with Gasteiger partial charge in [0.05, 0.1) is 0 Å². The highest BCUT2D eigenvalue weighted by molar-refractivity contribution is 6.05. The summed E-state index contributed by atoms with van der Waals surface area (Å²) in [6.45, 7) is 4.16. The van der Waals surface area contributed by atoms with Gasteiger partial charge in [-0.15, -0.1) is 0 Å². The van der Waals surface area contributed by atoms with Crippen LogP contribution in [0.5, 0.6) is 0 Å². The summed E-state index contributed by atoms with van der Waals surface area (Å²) >= 11 is 0. The first-order valence-electron chi connectivity index (χ1n) is 7.73. The van der Waals surface area contributed by atoms with E-state index in [2.05, 4.69) is 38.1 Å². The van der Waals surface area contributed by atoms with Crippen molar-refractivity contribution in [1.82, 2.24) is 0 Å². The molecular formula is C20H18O2. The molecule has 0 radical (unpaired) electrons. The predicted molar refractivity (Wildman–Crippen MR) is 89.0 cm³/mol. The number of aliphatic carboxylic acids is 1. The molecule has 4 rings (SSSR count). The normalized spacial score (nSPS) is 19.9. The van der Waals surface area contributed by atoms with Gasteiger partial charge < -0.3 is 5.11 Å². The number of allylic oxidation sites excluding steroid dienone is 3. The average molecular weight is 290 g/mol. The van der Waals surface area contributed by atoms with Crippen LogP contribution in [0.1, 0.15) is 42.4 Å².